The highest BCUT2D eigenvalue weighted by atomic mass is 19.1. The van der Waals surface area contributed by atoms with Gasteiger partial charge in [0.05, 0.1) is 18.7 Å². The molecule has 1 N–H and O–H groups in total. The molecule has 0 spiro atoms. The average molecular weight is 344 g/mol. The van der Waals surface area contributed by atoms with Crippen molar-refractivity contribution >= 4 is 0 Å². The highest BCUT2D eigenvalue weighted by Gasteiger charge is 2.16. The first kappa shape index (κ1) is 17.3. The standard InChI is InChI=1S/C19H18F2N2O2/c20-16-4-1-5-17(21)19(16)18-7-6-15(25-18)13-23(9-10-24)12-14-3-2-8-22-11-14/h1-8,11,24H,9-10,12-13H2. The predicted molar refractivity (Wildman–Crippen MR) is 89.5 cm³/mol. The van der Waals surface area contributed by atoms with E-state index in [2.05, 4.69) is 4.98 Å². The van der Waals surface area contributed by atoms with Gasteiger partial charge in [0.15, 0.2) is 0 Å². The third-order valence-electron chi connectivity index (χ3n) is 3.80. The summed E-state index contributed by atoms with van der Waals surface area (Å²) in [6.07, 6.45) is 3.45. The Bertz CT molecular complexity index is 801. The molecule has 0 saturated heterocycles. The van der Waals surface area contributed by atoms with Gasteiger partial charge in [-0.2, -0.15) is 0 Å². The molecule has 130 valence electrons. The Hall–Kier alpha value is -2.57. The Morgan fingerprint density at radius 2 is 1.80 bits per heavy atom. The summed E-state index contributed by atoms with van der Waals surface area (Å²) >= 11 is 0. The zero-order valence-corrected chi connectivity index (χ0v) is 13.5. The van der Waals surface area contributed by atoms with E-state index in [-0.39, 0.29) is 17.9 Å². The van der Waals surface area contributed by atoms with Crippen molar-refractivity contribution in [2.75, 3.05) is 13.2 Å². The average Bonchev–Trinajstić information content (AvgIpc) is 3.04. The fourth-order valence-corrected chi connectivity index (χ4v) is 2.66. The lowest BCUT2D eigenvalue weighted by Crippen LogP contribution is -2.25. The van der Waals surface area contributed by atoms with Gasteiger partial charge in [0.1, 0.15) is 23.2 Å². The monoisotopic (exact) mass is 344 g/mol. The molecule has 6 heteroatoms. The molecule has 3 rings (SSSR count). The summed E-state index contributed by atoms with van der Waals surface area (Å²) in [7, 11) is 0. The second-order valence-electron chi connectivity index (χ2n) is 5.66. The number of nitrogens with zero attached hydrogens (tertiary/aromatic N) is 2. The number of rotatable bonds is 7. The molecular weight excluding hydrogens is 326 g/mol. The Balaban J connectivity index is 1.76. The maximum atomic E-state index is 13.9. The third kappa shape index (κ3) is 4.29. The number of aliphatic hydroxyl groups is 1. The van der Waals surface area contributed by atoms with Crippen molar-refractivity contribution in [1.29, 1.82) is 0 Å². The van der Waals surface area contributed by atoms with Crippen molar-refractivity contribution in [3.8, 4) is 11.3 Å². The minimum atomic E-state index is -0.663. The zero-order valence-electron chi connectivity index (χ0n) is 13.5. The molecule has 2 aromatic heterocycles. The molecule has 1 aromatic carbocycles. The number of furan rings is 1. The number of halogens is 2. The molecule has 2 heterocycles. The second kappa shape index (κ2) is 8.00. The Kier molecular flexibility index (Phi) is 5.53. The van der Waals surface area contributed by atoms with E-state index in [1.807, 2.05) is 17.0 Å². The van der Waals surface area contributed by atoms with Gasteiger partial charge in [-0.3, -0.25) is 9.88 Å². The lowest BCUT2D eigenvalue weighted by molar-refractivity contribution is 0.175. The van der Waals surface area contributed by atoms with Crippen molar-refractivity contribution in [3.63, 3.8) is 0 Å². The van der Waals surface area contributed by atoms with E-state index < -0.39 is 11.6 Å². The first-order valence-corrected chi connectivity index (χ1v) is 7.92. The second-order valence-corrected chi connectivity index (χ2v) is 5.66. The van der Waals surface area contributed by atoms with Gasteiger partial charge in [0.2, 0.25) is 0 Å². The molecule has 0 aliphatic heterocycles. The van der Waals surface area contributed by atoms with Crippen LogP contribution in [0, 0.1) is 11.6 Å². The van der Waals surface area contributed by atoms with E-state index in [4.69, 9.17) is 4.42 Å². The van der Waals surface area contributed by atoms with E-state index >= 15 is 0 Å². The molecule has 0 aliphatic carbocycles. The van der Waals surface area contributed by atoms with Gasteiger partial charge >= 0.3 is 0 Å². The van der Waals surface area contributed by atoms with Crippen molar-refractivity contribution in [2.24, 2.45) is 0 Å². The smallest absolute Gasteiger partial charge is 0.140 e. The number of aromatic nitrogens is 1. The summed E-state index contributed by atoms with van der Waals surface area (Å²) in [5.74, 6) is -0.613. The summed E-state index contributed by atoms with van der Waals surface area (Å²) in [6.45, 7) is 1.43. The number of hydrogen-bond acceptors (Lipinski definition) is 4. The third-order valence-corrected chi connectivity index (χ3v) is 3.80. The highest BCUT2D eigenvalue weighted by Crippen LogP contribution is 2.28. The van der Waals surface area contributed by atoms with Crippen molar-refractivity contribution in [1.82, 2.24) is 9.88 Å². The number of hydrogen-bond donors (Lipinski definition) is 1. The van der Waals surface area contributed by atoms with E-state index in [9.17, 15) is 13.9 Å². The molecule has 0 atom stereocenters. The maximum absolute atomic E-state index is 13.9. The van der Waals surface area contributed by atoms with E-state index in [0.29, 0.717) is 25.4 Å². The highest BCUT2D eigenvalue weighted by molar-refractivity contribution is 5.59. The van der Waals surface area contributed by atoms with Gasteiger partial charge in [-0.1, -0.05) is 12.1 Å². The van der Waals surface area contributed by atoms with Crippen LogP contribution in [0.25, 0.3) is 11.3 Å². The van der Waals surface area contributed by atoms with Gasteiger partial charge in [-0.15, -0.1) is 0 Å². The Morgan fingerprint density at radius 3 is 2.48 bits per heavy atom. The minimum absolute atomic E-state index is 0.00420. The van der Waals surface area contributed by atoms with Crippen LogP contribution in [0.2, 0.25) is 0 Å². The summed E-state index contributed by atoms with van der Waals surface area (Å²) in [6, 6.07) is 10.7. The Morgan fingerprint density at radius 1 is 1.00 bits per heavy atom. The molecule has 0 saturated carbocycles. The van der Waals surface area contributed by atoms with Crippen LogP contribution < -0.4 is 0 Å². The van der Waals surface area contributed by atoms with Crippen molar-refractivity contribution in [2.45, 2.75) is 13.1 Å². The van der Waals surface area contributed by atoms with Crippen molar-refractivity contribution in [3.05, 3.63) is 77.8 Å². The number of aliphatic hydroxyl groups excluding tert-OH is 1. The first-order valence-electron chi connectivity index (χ1n) is 7.92. The van der Waals surface area contributed by atoms with Crippen LogP contribution in [-0.2, 0) is 13.1 Å². The van der Waals surface area contributed by atoms with Crippen LogP contribution in [0.1, 0.15) is 11.3 Å². The van der Waals surface area contributed by atoms with Crippen LogP contribution in [0.15, 0.2) is 59.3 Å². The molecule has 3 aromatic rings. The molecule has 0 bridgehead atoms. The van der Waals surface area contributed by atoms with Gasteiger partial charge in [-0.05, 0) is 35.9 Å². The zero-order chi connectivity index (χ0) is 17.6. The van der Waals surface area contributed by atoms with E-state index in [1.165, 1.54) is 18.2 Å². The molecule has 4 nitrogen and oxygen atoms in total. The van der Waals surface area contributed by atoms with Crippen LogP contribution in [0.4, 0.5) is 8.78 Å². The molecule has 25 heavy (non-hydrogen) atoms. The van der Waals surface area contributed by atoms with Crippen LogP contribution in [0.3, 0.4) is 0 Å². The Labute approximate surface area is 144 Å². The van der Waals surface area contributed by atoms with Crippen LogP contribution in [0.5, 0.6) is 0 Å². The lowest BCUT2D eigenvalue weighted by Gasteiger charge is -2.19. The molecule has 0 unspecified atom stereocenters. The molecular formula is C19H18F2N2O2. The normalized spacial score (nSPS) is 11.2. The number of pyridine rings is 1. The lowest BCUT2D eigenvalue weighted by atomic mass is 10.1. The predicted octanol–water partition coefficient (Wildman–Crippen LogP) is 3.61. The molecule has 0 fully saturated rings. The van der Waals surface area contributed by atoms with Gasteiger partial charge in [0, 0.05) is 25.5 Å². The van der Waals surface area contributed by atoms with Gasteiger partial charge in [0.25, 0.3) is 0 Å². The molecule has 0 amide bonds. The van der Waals surface area contributed by atoms with Crippen molar-refractivity contribution < 1.29 is 18.3 Å². The quantitative estimate of drug-likeness (QED) is 0.711. The van der Waals surface area contributed by atoms with Gasteiger partial charge in [-0.25, -0.2) is 8.78 Å². The molecule has 0 radical (unpaired) electrons. The summed E-state index contributed by atoms with van der Waals surface area (Å²) in [4.78, 5) is 6.04. The van der Waals surface area contributed by atoms with Crippen LogP contribution >= 0.6 is 0 Å². The van der Waals surface area contributed by atoms with E-state index in [0.717, 1.165) is 5.56 Å². The summed E-state index contributed by atoms with van der Waals surface area (Å²) in [5, 5.41) is 9.26. The summed E-state index contributed by atoms with van der Waals surface area (Å²) < 4.78 is 33.4. The molecule has 0 aliphatic rings. The van der Waals surface area contributed by atoms with Crippen LogP contribution in [-0.4, -0.2) is 28.1 Å². The van der Waals surface area contributed by atoms with Gasteiger partial charge < -0.3 is 9.52 Å². The topological polar surface area (TPSA) is 49.5 Å². The van der Waals surface area contributed by atoms with E-state index in [1.54, 1.807) is 24.5 Å². The minimum Gasteiger partial charge on any atom is -0.460 e. The fraction of sp³-hybridized carbons (Fsp3) is 0.211. The SMILES string of the molecule is OCCN(Cc1cccnc1)Cc1ccc(-c2c(F)cccc2F)o1. The number of benzene rings is 1. The first-order chi connectivity index (χ1) is 12.2. The summed E-state index contributed by atoms with van der Waals surface area (Å²) in [5.41, 5.74) is 0.831. The maximum Gasteiger partial charge on any atom is 0.140 e. The fourth-order valence-electron chi connectivity index (χ4n) is 2.66. The largest absolute Gasteiger partial charge is 0.460 e.